The highest BCUT2D eigenvalue weighted by Gasteiger charge is 2.34. The molecule has 4 heteroatoms. The predicted octanol–water partition coefficient (Wildman–Crippen LogP) is 2.71. The van der Waals surface area contributed by atoms with E-state index in [0.29, 0.717) is 30.0 Å². The Hall–Kier alpha value is -2.33. The minimum absolute atomic E-state index is 0.0517. The van der Waals surface area contributed by atoms with Crippen molar-refractivity contribution in [1.29, 1.82) is 10.5 Å². The van der Waals surface area contributed by atoms with Crippen LogP contribution in [0.1, 0.15) is 42.1 Å². The summed E-state index contributed by atoms with van der Waals surface area (Å²) >= 11 is 0. The molecule has 0 spiro atoms. The molecular weight excluding hydrogens is 250 g/mol. The van der Waals surface area contributed by atoms with Crippen molar-refractivity contribution in [2.75, 3.05) is 6.54 Å². The minimum Gasteiger partial charge on any atom is -0.335 e. The predicted molar refractivity (Wildman–Crippen MR) is 74.6 cm³/mol. The van der Waals surface area contributed by atoms with Gasteiger partial charge < -0.3 is 4.90 Å². The molecule has 102 valence electrons. The molecular formula is C16H17N3O. The normalized spacial score (nSPS) is 14.9. The molecule has 1 amide bonds. The van der Waals surface area contributed by atoms with Crippen molar-refractivity contribution in [3.63, 3.8) is 0 Å². The number of hydrogen-bond acceptors (Lipinski definition) is 3. The Kier molecular flexibility index (Phi) is 4.38. The molecule has 1 fully saturated rings. The first-order valence-electron chi connectivity index (χ1n) is 6.85. The lowest BCUT2D eigenvalue weighted by atomic mass is 10.1. The van der Waals surface area contributed by atoms with Crippen molar-refractivity contribution in [2.45, 2.75) is 32.2 Å². The van der Waals surface area contributed by atoms with Crippen LogP contribution in [0.15, 0.2) is 24.3 Å². The summed E-state index contributed by atoms with van der Waals surface area (Å²) in [5.41, 5.74) is 1.12. The molecule has 1 aromatic rings. The lowest BCUT2D eigenvalue weighted by molar-refractivity contribution is 0.0677. The quantitative estimate of drug-likeness (QED) is 0.823. The summed E-state index contributed by atoms with van der Waals surface area (Å²) in [5, 5.41) is 17.5. The topological polar surface area (TPSA) is 67.9 Å². The van der Waals surface area contributed by atoms with Gasteiger partial charge in [0.25, 0.3) is 5.91 Å². The second kappa shape index (κ2) is 6.21. The molecule has 0 radical (unpaired) electrons. The van der Waals surface area contributed by atoms with Crippen molar-refractivity contribution < 1.29 is 4.79 Å². The molecule has 0 heterocycles. The second-order valence-electron chi connectivity index (χ2n) is 5.17. The van der Waals surface area contributed by atoms with Crippen LogP contribution >= 0.6 is 0 Å². The molecule has 2 rings (SSSR count). The molecule has 1 aliphatic carbocycles. The maximum Gasteiger partial charge on any atom is 0.254 e. The zero-order valence-electron chi connectivity index (χ0n) is 11.5. The van der Waals surface area contributed by atoms with Gasteiger partial charge >= 0.3 is 0 Å². The number of rotatable bonds is 5. The smallest absolute Gasteiger partial charge is 0.254 e. The first-order chi connectivity index (χ1) is 9.67. The number of carbonyl (C=O) groups is 1. The summed E-state index contributed by atoms with van der Waals surface area (Å²) in [6.07, 6.45) is 2.66. The van der Waals surface area contributed by atoms with Crippen molar-refractivity contribution in [3.05, 3.63) is 35.4 Å². The molecule has 20 heavy (non-hydrogen) atoms. The summed E-state index contributed by atoms with van der Waals surface area (Å²) in [5.74, 6) is 0.514. The SMILES string of the molecule is C[C@@H](C1CC1)N(CCC#N)C(=O)c1ccc(C#N)cc1. The molecule has 0 aliphatic heterocycles. The maximum atomic E-state index is 12.6. The van der Waals surface area contributed by atoms with Crippen LogP contribution in [0.2, 0.25) is 0 Å². The Morgan fingerprint density at radius 2 is 2.00 bits per heavy atom. The molecule has 1 atom stereocenters. The third-order valence-electron chi connectivity index (χ3n) is 3.78. The lowest BCUT2D eigenvalue weighted by Gasteiger charge is -2.28. The van der Waals surface area contributed by atoms with Gasteiger partial charge in [0.1, 0.15) is 0 Å². The highest BCUT2D eigenvalue weighted by atomic mass is 16.2. The lowest BCUT2D eigenvalue weighted by Crippen LogP contribution is -2.40. The van der Waals surface area contributed by atoms with Gasteiger partial charge in [-0.3, -0.25) is 4.79 Å². The van der Waals surface area contributed by atoms with Gasteiger partial charge in [0.05, 0.1) is 24.1 Å². The molecule has 1 saturated carbocycles. The number of hydrogen-bond donors (Lipinski definition) is 0. The summed E-state index contributed by atoms with van der Waals surface area (Å²) in [6, 6.07) is 11.0. The standard InChI is InChI=1S/C16H17N3O/c1-12(14-7-8-14)19(10-2-9-17)16(20)15-5-3-13(11-18)4-6-15/h3-6,12,14H,2,7-8,10H2,1H3/t12-/m0/s1. The summed E-state index contributed by atoms with van der Waals surface area (Å²) in [4.78, 5) is 14.4. The van der Waals surface area contributed by atoms with E-state index in [4.69, 9.17) is 10.5 Å². The van der Waals surface area contributed by atoms with Crippen LogP contribution in [0.4, 0.5) is 0 Å². The average molecular weight is 267 g/mol. The summed E-state index contributed by atoms with van der Waals surface area (Å²) in [7, 11) is 0. The molecule has 0 aromatic heterocycles. The van der Waals surface area contributed by atoms with Gasteiger partial charge in [-0.1, -0.05) is 0 Å². The van der Waals surface area contributed by atoms with Crippen molar-refractivity contribution in [3.8, 4) is 12.1 Å². The van der Waals surface area contributed by atoms with Gasteiger partial charge in [-0.2, -0.15) is 10.5 Å². The van der Waals surface area contributed by atoms with E-state index >= 15 is 0 Å². The average Bonchev–Trinajstić information content (AvgIpc) is 3.32. The molecule has 0 unspecified atom stereocenters. The van der Waals surface area contributed by atoms with Gasteiger partial charge in [0, 0.05) is 18.2 Å². The van der Waals surface area contributed by atoms with E-state index in [2.05, 4.69) is 13.0 Å². The first kappa shape index (κ1) is 14.1. The highest BCUT2D eigenvalue weighted by Crippen LogP contribution is 2.35. The highest BCUT2D eigenvalue weighted by molar-refractivity contribution is 5.94. The molecule has 0 saturated heterocycles. The van der Waals surface area contributed by atoms with Gasteiger partial charge in [0.15, 0.2) is 0 Å². The Bertz CT molecular complexity index is 561. The van der Waals surface area contributed by atoms with Crippen LogP contribution in [-0.2, 0) is 0 Å². The van der Waals surface area contributed by atoms with Crippen LogP contribution in [0.25, 0.3) is 0 Å². The molecule has 4 nitrogen and oxygen atoms in total. The van der Waals surface area contributed by atoms with E-state index < -0.39 is 0 Å². The Balaban J connectivity index is 2.16. The van der Waals surface area contributed by atoms with Gasteiger partial charge in [-0.05, 0) is 49.9 Å². The Labute approximate surface area is 119 Å². The number of carbonyl (C=O) groups excluding carboxylic acids is 1. The molecule has 0 N–H and O–H groups in total. The maximum absolute atomic E-state index is 12.6. The molecule has 1 aromatic carbocycles. The number of amides is 1. The zero-order chi connectivity index (χ0) is 14.5. The van der Waals surface area contributed by atoms with Crippen LogP contribution in [-0.4, -0.2) is 23.4 Å². The fourth-order valence-corrected chi connectivity index (χ4v) is 2.35. The van der Waals surface area contributed by atoms with E-state index in [0.717, 1.165) is 12.8 Å². The fourth-order valence-electron chi connectivity index (χ4n) is 2.35. The van der Waals surface area contributed by atoms with Crippen molar-refractivity contribution >= 4 is 5.91 Å². The molecule has 1 aliphatic rings. The summed E-state index contributed by atoms with van der Waals surface area (Å²) < 4.78 is 0. The summed E-state index contributed by atoms with van der Waals surface area (Å²) in [6.45, 7) is 2.52. The van der Waals surface area contributed by atoms with E-state index in [1.54, 1.807) is 29.2 Å². The zero-order valence-corrected chi connectivity index (χ0v) is 11.5. The fraction of sp³-hybridized carbons (Fsp3) is 0.438. The van der Waals surface area contributed by atoms with E-state index in [1.807, 2.05) is 6.07 Å². The largest absolute Gasteiger partial charge is 0.335 e. The van der Waals surface area contributed by atoms with Crippen molar-refractivity contribution in [1.82, 2.24) is 4.90 Å². The monoisotopic (exact) mass is 267 g/mol. The third kappa shape index (κ3) is 3.16. The van der Waals surface area contributed by atoms with Crippen molar-refractivity contribution in [2.24, 2.45) is 5.92 Å². The van der Waals surface area contributed by atoms with Crippen LogP contribution < -0.4 is 0 Å². The van der Waals surface area contributed by atoms with Crippen LogP contribution in [0.5, 0.6) is 0 Å². The third-order valence-corrected chi connectivity index (χ3v) is 3.78. The minimum atomic E-state index is -0.0517. The Morgan fingerprint density at radius 1 is 1.35 bits per heavy atom. The van der Waals surface area contributed by atoms with Gasteiger partial charge in [-0.15, -0.1) is 0 Å². The van der Waals surface area contributed by atoms with Gasteiger partial charge in [0.2, 0.25) is 0 Å². The Morgan fingerprint density at radius 3 is 2.50 bits per heavy atom. The first-order valence-corrected chi connectivity index (χ1v) is 6.85. The van der Waals surface area contributed by atoms with E-state index in [1.165, 1.54) is 0 Å². The van der Waals surface area contributed by atoms with Crippen LogP contribution in [0, 0.1) is 28.6 Å². The molecule has 0 bridgehead atoms. The van der Waals surface area contributed by atoms with E-state index in [9.17, 15) is 4.79 Å². The van der Waals surface area contributed by atoms with E-state index in [-0.39, 0.29) is 11.9 Å². The van der Waals surface area contributed by atoms with Crippen LogP contribution in [0.3, 0.4) is 0 Å². The van der Waals surface area contributed by atoms with Gasteiger partial charge in [-0.25, -0.2) is 0 Å². The number of nitriles is 2. The number of nitrogens with zero attached hydrogens (tertiary/aromatic N) is 3. The number of benzene rings is 1. The second-order valence-corrected chi connectivity index (χ2v) is 5.17.